The zero-order valence-electron chi connectivity index (χ0n) is 11.0. The SMILES string of the molecule is Cc1c(C(=O)NC(CCO)C(=O)O)sc2nc[nH]c(=O)c12. The van der Waals surface area contributed by atoms with E-state index < -0.39 is 17.9 Å². The number of aromatic nitrogens is 2. The van der Waals surface area contributed by atoms with Gasteiger partial charge in [0.05, 0.1) is 16.6 Å². The molecule has 0 aromatic carbocycles. The lowest BCUT2D eigenvalue weighted by Crippen LogP contribution is -2.41. The normalized spacial score (nSPS) is 12.3. The number of nitrogens with one attached hydrogen (secondary N) is 2. The lowest BCUT2D eigenvalue weighted by atomic mass is 10.2. The average Bonchev–Trinajstić information content (AvgIpc) is 2.77. The van der Waals surface area contributed by atoms with Gasteiger partial charge in [0.1, 0.15) is 10.9 Å². The number of aromatic amines is 1. The highest BCUT2D eigenvalue weighted by molar-refractivity contribution is 7.20. The number of carboxylic acids is 1. The molecule has 2 heterocycles. The first-order valence-electron chi connectivity index (χ1n) is 6.07. The highest BCUT2D eigenvalue weighted by Gasteiger charge is 2.24. The summed E-state index contributed by atoms with van der Waals surface area (Å²) in [5.74, 6) is -1.83. The zero-order chi connectivity index (χ0) is 15.6. The van der Waals surface area contributed by atoms with E-state index in [1.165, 1.54) is 6.33 Å². The number of rotatable bonds is 5. The van der Waals surface area contributed by atoms with Crippen LogP contribution < -0.4 is 10.9 Å². The molecule has 0 fully saturated rings. The van der Waals surface area contributed by atoms with Crippen molar-refractivity contribution in [1.29, 1.82) is 0 Å². The number of carboxylic acid groups (broad SMARTS) is 1. The van der Waals surface area contributed by atoms with Crippen molar-refractivity contribution in [3.63, 3.8) is 0 Å². The largest absolute Gasteiger partial charge is 0.480 e. The summed E-state index contributed by atoms with van der Waals surface area (Å²) in [6.07, 6.45) is 1.15. The number of hydrogen-bond acceptors (Lipinski definition) is 6. The number of carbonyl (C=O) groups excluding carboxylic acids is 1. The van der Waals surface area contributed by atoms with E-state index >= 15 is 0 Å². The molecule has 0 aliphatic carbocycles. The Kier molecular flexibility index (Phi) is 4.34. The van der Waals surface area contributed by atoms with Gasteiger partial charge in [-0.1, -0.05) is 0 Å². The summed E-state index contributed by atoms with van der Waals surface area (Å²) in [4.78, 5) is 41.9. The van der Waals surface area contributed by atoms with Gasteiger partial charge in [-0.05, 0) is 12.5 Å². The zero-order valence-corrected chi connectivity index (χ0v) is 11.9. The fourth-order valence-corrected chi connectivity index (χ4v) is 2.96. The standard InChI is InChI=1S/C12H13N3O5S/c1-5-7-9(17)13-4-14-11(7)21-8(5)10(18)15-6(2-3-16)12(19)20/h4,6,16H,2-3H2,1H3,(H,15,18)(H,19,20)(H,13,14,17). The molecule has 2 aromatic rings. The Bertz CT molecular complexity index is 751. The first-order valence-corrected chi connectivity index (χ1v) is 6.88. The van der Waals surface area contributed by atoms with Gasteiger partial charge >= 0.3 is 5.97 Å². The topological polar surface area (TPSA) is 132 Å². The van der Waals surface area contributed by atoms with Gasteiger partial charge in [-0.2, -0.15) is 0 Å². The van der Waals surface area contributed by atoms with Gasteiger partial charge in [0.25, 0.3) is 11.5 Å². The van der Waals surface area contributed by atoms with Crippen molar-refractivity contribution < 1.29 is 19.8 Å². The van der Waals surface area contributed by atoms with Crippen LogP contribution in [0.15, 0.2) is 11.1 Å². The van der Waals surface area contributed by atoms with Crippen LogP contribution in [-0.2, 0) is 4.79 Å². The number of aryl methyl sites for hydroxylation is 1. The van der Waals surface area contributed by atoms with Crippen LogP contribution in [0.25, 0.3) is 10.2 Å². The van der Waals surface area contributed by atoms with Crippen molar-refractivity contribution in [1.82, 2.24) is 15.3 Å². The van der Waals surface area contributed by atoms with Crippen molar-refractivity contribution >= 4 is 33.4 Å². The molecule has 1 unspecified atom stereocenters. The third kappa shape index (κ3) is 2.93. The Morgan fingerprint density at radius 2 is 2.24 bits per heavy atom. The summed E-state index contributed by atoms with van der Waals surface area (Å²) < 4.78 is 0. The van der Waals surface area contributed by atoms with Crippen LogP contribution in [0.1, 0.15) is 21.7 Å². The third-order valence-corrected chi connectivity index (χ3v) is 4.16. The number of carbonyl (C=O) groups is 2. The van der Waals surface area contributed by atoms with E-state index in [-0.39, 0.29) is 23.5 Å². The average molecular weight is 311 g/mol. The van der Waals surface area contributed by atoms with Crippen LogP contribution >= 0.6 is 11.3 Å². The summed E-state index contributed by atoms with van der Waals surface area (Å²) in [5, 5.41) is 20.4. The van der Waals surface area contributed by atoms with Crippen LogP contribution in [0.5, 0.6) is 0 Å². The molecular weight excluding hydrogens is 298 g/mol. The number of thiophene rings is 1. The molecule has 0 aliphatic heterocycles. The molecule has 1 atom stereocenters. The first kappa shape index (κ1) is 15.1. The Balaban J connectivity index is 2.36. The number of H-pyrrole nitrogens is 1. The Morgan fingerprint density at radius 3 is 2.81 bits per heavy atom. The van der Waals surface area contributed by atoms with Gasteiger partial charge in [0, 0.05) is 13.0 Å². The lowest BCUT2D eigenvalue weighted by molar-refractivity contribution is -0.139. The van der Waals surface area contributed by atoms with Crippen molar-refractivity contribution in [3.05, 3.63) is 27.1 Å². The van der Waals surface area contributed by atoms with Crippen LogP contribution in [0.2, 0.25) is 0 Å². The van der Waals surface area contributed by atoms with Gasteiger partial charge in [-0.15, -0.1) is 11.3 Å². The van der Waals surface area contributed by atoms with E-state index in [1.807, 2.05) is 0 Å². The van der Waals surface area contributed by atoms with E-state index in [0.29, 0.717) is 15.8 Å². The Morgan fingerprint density at radius 1 is 1.52 bits per heavy atom. The molecule has 0 bridgehead atoms. The molecule has 0 saturated carbocycles. The Labute approximate surface area is 122 Å². The molecule has 0 aliphatic rings. The quantitative estimate of drug-likeness (QED) is 0.607. The minimum absolute atomic E-state index is 0.0934. The monoisotopic (exact) mass is 311 g/mol. The van der Waals surface area contributed by atoms with Crippen LogP contribution in [0, 0.1) is 6.92 Å². The van der Waals surface area contributed by atoms with E-state index in [0.717, 1.165) is 11.3 Å². The predicted octanol–water partition coefficient (Wildman–Crippen LogP) is -0.142. The maximum Gasteiger partial charge on any atom is 0.326 e. The molecule has 2 rings (SSSR count). The summed E-state index contributed by atoms with van der Waals surface area (Å²) >= 11 is 1.02. The van der Waals surface area contributed by atoms with Gasteiger partial charge in [-0.25, -0.2) is 9.78 Å². The molecule has 2 aromatic heterocycles. The predicted molar refractivity (Wildman–Crippen MR) is 75.6 cm³/mol. The fraction of sp³-hybridized carbons (Fsp3) is 0.333. The van der Waals surface area contributed by atoms with Crippen molar-refractivity contribution in [2.24, 2.45) is 0 Å². The van der Waals surface area contributed by atoms with Crippen molar-refractivity contribution in [2.75, 3.05) is 6.61 Å². The minimum atomic E-state index is -1.23. The van der Waals surface area contributed by atoms with Gasteiger partial charge in [0.15, 0.2) is 0 Å². The van der Waals surface area contributed by atoms with Gasteiger partial charge < -0.3 is 20.5 Å². The van der Waals surface area contributed by atoms with Gasteiger partial charge in [0.2, 0.25) is 0 Å². The van der Waals surface area contributed by atoms with Crippen LogP contribution in [0.4, 0.5) is 0 Å². The number of nitrogens with zero attached hydrogens (tertiary/aromatic N) is 1. The van der Waals surface area contributed by atoms with E-state index in [4.69, 9.17) is 10.2 Å². The number of hydrogen-bond donors (Lipinski definition) is 4. The lowest BCUT2D eigenvalue weighted by Gasteiger charge is -2.12. The molecule has 4 N–H and O–H groups in total. The molecule has 112 valence electrons. The number of aliphatic carboxylic acids is 1. The van der Waals surface area contributed by atoms with Crippen LogP contribution in [0.3, 0.4) is 0 Å². The highest BCUT2D eigenvalue weighted by atomic mass is 32.1. The highest BCUT2D eigenvalue weighted by Crippen LogP contribution is 2.26. The first-order chi connectivity index (χ1) is 9.95. The second-order valence-corrected chi connectivity index (χ2v) is 5.34. The molecule has 9 heteroatoms. The minimum Gasteiger partial charge on any atom is -0.480 e. The molecule has 21 heavy (non-hydrogen) atoms. The number of aliphatic hydroxyl groups is 1. The van der Waals surface area contributed by atoms with Crippen molar-refractivity contribution in [3.8, 4) is 0 Å². The summed E-state index contributed by atoms with van der Waals surface area (Å²) in [6, 6.07) is -1.18. The third-order valence-electron chi connectivity index (χ3n) is 2.96. The van der Waals surface area contributed by atoms with Crippen LogP contribution in [-0.4, -0.2) is 44.7 Å². The molecule has 8 nitrogen and oxygen atoms in total. The van der Waals surface area contributed by atoms with E-state index in [2.05, 4.69) is 15.3 Å². The smallest absolute Gasteiger partial charge is 0.326 e. The maximum absolute atomic E-state index is 12.2. The number of fused-ring (bicyclic) bond motifs is 1. The molecular formula is C12H13N3O5S. The maximum atomic E-state index is 12.2. The molecule has 1 amide bonds. The number of amides is 1. The Hall–Kier alpha value is -2.26. The summed E-state index contributed by atoms with van der Waals surface area (Å²) in [6.45, 7) is 1.25. The molecule has 0 radical (unpaired) electrons. The molecule has 0 spiro atoms. The summed E-state index contributed by atoms with van der Waals surface area (Å²) in [5.41, 5.74) is 0.105. The van der Waals surface area contributed by atoms with E-state index in [1.54, 1.807) is 6.92 Å². The second-order valence-electron chi connectivity index (χ2n) is 4.34. The van der Waals surface area contributed by atoms with Crippen molar-refractivity contribution in [2.45, 2.75) is 19.4 Å². The molecule has 0 saturated heterocycles. The van der Waals surface area contributed by atoms with Gasteiger partial charge in [-0.3, -0.25) is 9.59 Å². The fourth-order valence-electron chi connectivity index (χ4n) is 1.91. The summed E-state index contributed by atoms with van der Waals surface area (Å²) in [7, 11) is 0. The number of aliphatic hydroxyl groups excluding tert-OH is 1. The van der Waals surface area contributed by atoms with E-state index in [9.17, 15) is 14.4 Å². The second kappa shape index (κ2) is 6.02.